The topological polar surface area (TPSA) is 63.9 Å². The number of nitrogens with one attached hydrogen (secondary N) is 1. The number of methoxy groups -OCH3 is 1. The molecule has 0 bridgehead atoms. The van der Waals surface area contributed by atoms with Crippen LogP contribution >= 0.6 is 0 Å². The summed E-state index contributed by atoms with van der Waals surface area (Å²) < 4.78 is 5.24. The van der Waals surface area contributed by atoms with Gasteiger partial charge in [0, 0.05) is 18.0 Å². The highest BCUT2D eigenvalue weighted by molar-refractivity contribution is 5.38. The number of imidazole rings is 1. The second-order valence-electron chi connectivity index (χ2n) is 3.19. The van der Waals surface area contributed by atoms with Crippen LogP contribution in [-0.4, -0.2) is 17.1 Å². The van der Waals surface area contributed by atoms with Crippen LogP contribution in [0.15, 0.2) is 36.7 Å². The van der Waals surface area contributed by atoms with Crippen LogP contribution in [0.2, 0.25) is 0 Å². The zero-order valence-corrected chi connectivity index (χ0v) is 8.47. The molecule has 0 aliphatic rings. The van der Waals surface area contributed by atoms with Gasteiger partial charge < -0.3 is 15.5 Å². The Balaban J connectivity index is 2.37. The molecule has 0 aliphatic carbocycles. The van der Waals surface area contributed by atoms with E-state index in [0.717, 1.165) is 17.1 Å². The first-order valence-corrected chi connectivity index (χ1v) is 4.70. The third kappa shape index (κ3) is 1.85. The van der Waals surface area contributed by atoms with Crippen LogP contribution in [0.25, 0.3) is 0 Å². The normalized spacial score (nSPS) is 12.4. The van der Waals surface area contributed by atoms with Crippen molar-refractivity contribution in [3.63, 3.8) is 0 Å². The molecule has 0 amide bonds. The van der Waals surface area contributed by atoms with Crippen molar-refractivity contribution < 1.29 is 4.74 Å². The second kappa shape index (κ2) is 4.14. The maximum Gasteiger partial charge on any atom is 0.127 e. The van der Waals surface area contributed by atoms with Gasteiger partial charge in [0.1, 0.15) is 11.6 Å². The van der Waals surface area contributed by atoms with E-state index in [2.05, 4.69) is 9.97 Å². The first-order valence-electron chi connectivity index (χ1n) is 4.70. The number of H-pyrrole nitrogens is 1. The Bertz CT molecular complexity index is 425. The summed E-state index contributed by atoms with van der Waals surface area (Å²) in [5.41, 5.74) is 6.99. The van der Waals surface area contributed by atoms with E-state index in [0.29, 0.717) is 0 Å². The highest BCUT2D eigenvalue weighted by Crippen LogP contribution is 2.25. The molecule has 4 heteroatoms. The van der Waals surface area contributed by atoms with Crippen LogP contribution in [0.4, 0.5) is 0 Å². The van der Waals surface area contributed by atoms with E-state index in [4.69, 9.17) is 10.5 Å². The molecule has 2 rings (SSSR count). The summed E-state index contributed by atoms with van der Waals surface area (Å²) in [6.45, 7) is 0. The van der Waals surface area contributed by atoms with E-state index in [1.165, 1.54) is 0 Å². The average Bonchev–Trinajstić information content (AvgIpc) is 2.81. The van der Waals surface area contributed by atoms with Gasteiger partial charge in [-0.3, -0.25) is 0 Å². The molecule has 4 nitrogen and oxygen atoms in total. The van der Waals surface area contributed by atoms with Crippen LogP contribution in [0, 0.1) is 0 Å². The lowest BCUT2D eigenvalue weighted by Crippen LogP contribution is -2.14. The van der Waals surface area contributed by atoms with Crippen LogP contribution in [0.1, 0.15) is 17.4 Å². The lowest BCUT2D eigenvalue weighted by Gasteiger charge is -2.13. The van der Waals surface area contributed by atoms with E-state index < -0.39 is 0 Å². The highest BCUT2D eigenvalue weighted by Gasteiger charge is 2.14. The maximum absolute atomic E-state index is 6.06. The number of para-hydroxylation sites is 1. The Morgan fingerprint density at radius 1 is 1.40 bits per heavy atom. The fraction of sp³-hybridized carbons (Fsp3) is 0.182. The Labute approximate surface area is 88.1 Å². The average molecular weight is 203 g/mol. The summed E-state index contributed by atoms with van der Waals surface area (Å²) in [6, 6.07) is 7.39. The monoisotopic (exact) mass is 203 g/mol. The van der Waals surface area contributed by atoms with Gasteiger partial charge in [-0.25, -0.2) is 4.98 Å². The zero-order valence-electron chi connectivity index (χ0n) is 8.47. The number of aromatic amines is 1. The maximum atomic E-state index is 6.06. The molecule has 0 saturated heterocycles. The minimum atomic E-state index is -0.281. The molecule has 2 aromatic rings. The van der Waals surface area contributed by atoms with Crippen molar-refractivity contribution in [2.45, 2.75) is 6.04 Å². The molecule has 0 fully saturated rings. The number of aromatic nitrogens is 2. The van der Waals surface area contributed by atoms with E-state index in [-0.39, 0.29) is 6.04 Å². The van der Waals surface area contributed by atoms with Crippen molar-refractivity contribution in [2.75, 3.05) is 7.11 Å². The van der Waals surface area contributed by atoms with Gasteiger partial charge in [0.05, 0.1) is 13.2 Å². The molecular formula is C11H13N3O. The third-order valence-electron chi connectivity index (χ3n) is 2.29. The summed E-state index contributed by atoms with van der Waals surface area (Å²) in [5, 5.41) is 0. The molecule has 1 aromatic heterocycles. The lowest BCUT2D eigenvalue weighted by molar-refractivity contribution is 0.407. The van der Waals surface area contributed by atoms with E-state index in [9.17, 15) is 0 Å². The number of ether oxygens (including phenoxy) is 1. The first kappa shape index (κ1) is 9.73. The highest BCUT2D eigenvalue weighted by atomic mass is 16.5. The number of nitrogens with two attached hydrogens (primary N) is 1. The van der Waals surface area contributed by atoms with Crippen molar-refractivity contribution >= 4 is 0 Å². The quantitative estimate of drug-likeness (QED) is 0.793. The standard InChI is InChI=1S/C11H13N3O/c1-15-9-5-3-2-4-8(9)10(12)11-13-6-7-14-11/h2-7,10H,12H2,1H3,(H,13,14). The van der Waals surface area contributed by atoms with Crippen molar-refractivity contribution in [3.8, 4) is 5.75 Å². The van der Waals surface area contributed by atoms with Gasteiger partial charge in [-0.05, 0) is 6.07 Å². The molecule has 3 N–H and O–H groups in total. The van der Waals surface area contributed by atoms with Gasteiger partial charge in [0.2, 0.25) is 0 Å². The van der Waals surface area contributed by atoms with Crippen molar-refractivity contribution in [2.24, 2.45) is 5.73 Å². The fourth-order valence-electron chi connectivity index (χ4n) is 1.52. The summed E-state index contributed by atoms with van der Waals surface area (Å²) in [6.07, 6.45) is 3.44. The molecule has 0 radical (unpaired) electrons. The number of nitrogens with zero attached hydrogens (tertiary/aromatic N) is 1. The van der Waals surface area contributed by atoms with Crippen LogP contribution < -0.4 is 10.5 Å². The van der Waals surface area contributed by atoms with Crippen molar-refractivity contribution in [1.29, 1.82) is 0 Å². The van der Waals surface area contributed by atoms with Crippen LogP contribution in [0.3, 0.4) is 0 Å². The van der Waals surface area contributed by atoms with Gasteiger partial charge >= 0.3 is 0 Å². The summed E-state index contributed by atoms with van der Waals surface area (Å²) in [7, 11) is 1.63. The Kier molecular flexibility index (Phi) is 2.69. The summed E-state index contributed by atoms with van der Waals surface area (Å²) >= 11 is 0. The Morgan fingerprint density at radius 2 is 2.20 bits per heavy atom. The minimum Gasteiger partial charge on any atom is -0.496 e. The third-order valence-corrected chi connectivity index (χ3v) is 2.29. The van der Waals surface area contributed by atoms with Gasteiger partial charge in [-0.1, -0.05) is 18.2 Å². The van der Waals surface area contributed by atoms with Crippen LogP contribution in [-0.2, 0) is 0 Å². The minimum absolute atomic E-state index is 0.281. The molecular weight excluding hydrogens is 190 g/mol. The molecule has 1 heterocycles. The number of rotatable bonds is 3. The van der Waals surface area contributed by atoms with Gasteiger partial charge in [0.15, 0.2) is 0 Å². The molecule has 78 valence electrons. The zero-order chi connectivity index (χ0) is 10.7. The lowest BCUT2D eigenvalue weighted by atomic mass is 10.1. The van der Waals surface area contributed by atoms with Crippen molar-refractivity contribution in [1.82, 2.24) is 9.97 Å². The van der Waals surface area contributed by atoms with Gasteiger partial charge in [-0.2, -0.15) is 0 Å². The van der Waals surface area contributed by atoms with E-state index in [1.807, 2.05) is 24.3 Å². The molecule has 1 atom stereocenters. The fourth-order valence-corrected chi connectivity index (χ4v) is 1.52. The Morgan fingerprint density at radius 3 is 2.87 bits per heavy atom. The number of hydrogen-bond acceptors (Lipinski definition) is 3. The van der Waals surface area contributed by atoms with E-state index in [1.54, 1.807) is 19.5 Å². The predicted octanol–water partition coefficient (Wildman–Crippen LogP) is 1.47. The molecule has 1 unspecified atom stereocenters. The molecule has 0 saturated carbocycles. The largest absolute Gasteiger partial charge is 0.496 e. The predicted molar refractivity (Wildman–Crippen MR) is 57.6 cm³/mol. The SMILES string of the molecule is COc1ccccc1C(N)c1ncc[nH]1. The first-order chi connectivity index (χ1) is 7.33. The molecule has 1 aromatic carbocycles. The molecule has 15 heavy (non-hydrogen) atoms. The van der Waals surface area contributed by atoms with Crippen molar-refractivity contribution in [3.05, 3.63) is 48.0 Å². The summed E-state index contributed by atoms with van der Waals surface area (Å²) in [5.74, 6) is 1.51. The molecule has 0 spiro atoms. The second-order valence-corrected chi connectivity index (χ2v) is 3.19. The molecule has 0 aliphatic heterocycles. The smallest absolute Gasteiger partial charge is 0.127 e. The number of benzene rings is 1. The van der Waals surface area contributed by atoms with E-state index >= 15 is 0 Å². The Hall–Kier alpha value is -1.81. The summed E-state index contributed by atoms with van der Waals surface area (Å²) in [4.78, 5) is 7.13. The van der Waals surface area contributed by atoms with Gasteiger partial charge in [0.25, 0.3) is 0 Å². The van der Waals surface area contributed by atoms with Gasteiger partial charge in [-0.15, -0.1) is 0 Å². The number of hydrogen-bond donors (Lipinski definition) is 2. The van der Waals surface area contributed by atoms with Crippen LogP contribution in [0.5, 0.6) is 5.75 Å².